The molecule has 1 aromatic rings. The number of nitrogens with one attached hydrogen (secondary N) is 3. The molecule has 4 atom stereocenters. The van der Waals surface area contributed by atoms with E-state index in [1.165, 1.54) is 24.3 Å². The van der Waals surface area contributed by atoms with Crippen LogP contribution in [0, 0.1) is 0 Å². The van der Waals surface area contributed by atoms with Crippen molar-refractivity contribution in [2.45, 2.75) is 69.1 Å². The summed E-state index contributed by atoms with van der Waals surface area (Å²) in [7, 11) is 0. The highest BCUT2D eigenvalue weighted by Gasteiger charge is 2.31. The van der Waals surface area contributed by atoms with Gasteiger partial charge in [-0.05, 0) is 37.0 Å². The number of phenols is 1. The van der Waals surface area contributed by atoms with Gasteiger partial charge in [-0.3, -0.25) is 28.8 Å². The second-order valence-corrected chi connectivity index (χ2v) is 8.94. The second-order valence-electron chi connectivity index (χ2n) is 8.94. The number of carboxylic acid groups (broad SMARTS) is 2. The summed E-state index contributed by atoms with van der Waals surface area (Å²) in [5, 5.41) is 34.7. The van der Waals surface area contributed by atoms with Crippen molar-refractivity contribution in [3.63, 3.8) is 0 Å². The van der Waals surface area contributed by atoms with Crippen LogP contribution in [0.1, 0.15) is 44.1 Å². The SMILES string of the molecule is NC(=O)CCC(NC(=O)C(Cc1ccc(O)cc1)NC(=O)C(CCC(N)=O)NC(=O)C(N)CCC(=O)O)C(=O)O. The van der Waals surface area contributed by atoms with Gasteiger partial charge >= 0.3 is 11.9 Å². The summed E-state index contributed by atoms with van der Waals surface area (Å²) in [5.74, 6) is -7.07. The largest absolute Gasteiger partial charge is 0.508 e. The Morgan fingerprint density at radius 2 is 1.15 bits per heavy atom. The van der Waals surface area contributed by atoms with Gasteiger partial charge in [0.1, 0.15) is 23.9 Å². The summed E-state index contributed by atoms with van der Waals surface area (Å²) in [6.07, 6.45) is -2.12. The van der Waals surface area contributed by atoms with Crippen molar-refractivity contribution < 1.29 is 48.9 Å². The number of primary amides is 2. The molecule has 0 aliphatic carbocycles. The van der Waals surface area contributed by atoms with Gasteiger partial charge in [0.15, 0.2) is 0 Å². The maximum atomic E-state index is 13.2. The van der Waals surface area contributed by atoms with Crippen LogP contribution in [-0.4, -0.2) is 81.0 Å². The monoisotopic (exact) mass is 566 g/mol. The molecule has 4 unspecified atom stereocenters. The highest BCUT2D eigenvalue weighted by molar-refractivity contribution is 5.94. The molecule has 0 radical (unpaired) electrons. The third-order valence-electron chi connectivity index (χ3n) is 5.62. The Bertz CT molecular complexity index is 1090. The van der Waals surface area contributed by atoms with Crippen molar-refractivity contribution in [2.75, 3.05) is 0 Å². The molecule has 0 fully saturated rings. The molecule has 0 aliphatic heterocycles. The minimum Gasteiger partial charge on any atom is -0.508 e. The standard InChI is InChI=1S/C24H34N6O10/c25-14(5-10-20(34)35)21(36)28-15(6-8-18(26)32)22(37)30-17(11-12-1-3-13(31)4-2-12)23(38)29-16(24(39)40)7-9-19(27)33/h1-4,14-17,31H,5-11,25H2,(H2,26,32)(H2,27,33)(H,28,36)(H,29,38)(H,30,37)(H,34,35)(H,39,40). The van der Waals surface area contributed by atoms with E-state index < -0.39 is 72.1 Å². The topological polar surface area (TPSA) is 294 Å². The fourth-order valence-corrected chi connectivity index (χ4v) is 3.41. The van der Waals surface area contributed by atoms with Crippen molar-refractivity contribution in [1.82, 2.24) is 16.0 Å². The van der Waals surface area contributed by atoms with E-state index in [1.807, 2.05) is 0 Å². The number of carboxylic acids is 2. The second kappa shape index (κ2) is 16.3. The average molecular weight is 567 g/mol. The summed E-state index contributed by atoms with van der Waals surface area (Å²) >= 11 is 0. The summed E-state index contributed by atoms with van der Waals surface area (Å²) in [5.41, 5.74) is 16.4. The first-order chi connectivity index (χ1) is 18.7. The highest BCUT2D eigenvalue weighted by atomic mass is 16.4. The van der Waals surface area contributed by atoms with Gasteiger partial charge in [-0.15, -0.1) is 0 Å². The Labute approximate surface area is 228 Å². The molecule has 5 amide bonds. The van der Waals surface area contributed by atoms with E-state index >= 15 is 0 Å². The molecule has 1 rings (SSSR count). The Morgan fingerprint density at radius 1 is 0.675 bits per heavy atom. The van der Waals surface area contributed by atoms with Crippen molar-refractivity contribution >= 4 is 41.5 Å². The van der Waals surface area contributed by atoms with E-state index in [0.717, 1.165) is 0 Å². The van der Waals surface area contributed by atoms with E-state index in [0.29, 0.717) is 5.56 Å². The van der Waals surface area contributed by atoms with Crippen molar-refractivity contribution in [3.05, 3.63) is 29.8 Å². The molecule has 40 heavy (non-hydrogen) atoms. The summed E-state index contributed by atoms with van der Waals surface area (Å²) in [6, 6.07) is -0.0815. The van der Waals surface area contributed by atoms with Gasteiger partial charge in [-0.2, -0.15) is 0 Å². The molecule has 12 N–H and O–H groups in total. The third-order valence-corrected chi connectivity index (χ3v) is 5.62. The summed E-state index contributed by atoms with van der Waals surface area (Å²) in [6.45, 7) is 0. The fraction of sp³-hybridized carbons (Fsp3) is 0.458. The van der Waals surface area contributed by atoms with Crippen LogP contribution >= 0.6 is 0 Å². The van der Waals surface area contributed by atoms with Gasteiger partial charge < -0.3 is 48.5 Å². The average Bonchev–Trinajstić information content (AvgIpc) is 2.87. The lowest BCUT2D eigenvalue weighted by Crippen LogP contribution is -2.57. The van der Waals surface area contributed by atoms with Gasteiger partial charge in [0.25, 0.3) is 0 Å². The number of carbonyl (C=O) groups is 7. The Kier molecular flexibility index (Phi) is 13.6. The first-order valence-electron chi connectivity index (χ1n) is 12.1. The molecule has 0 spiro atoms. The van der Waals surface area contributed by atoms with E-state index in [2.05, 4.69) is 16.0 Å². The number of nitrogens with two attached hydrogens (primary N) is 3. The smallest absolute Gasteiger partial charge is 0.326 e. The lowest BCUT2D eigenvalue weighted by molar-refractivity contribution is -0.142. The molecule has 220 valence electrons. The molecule has 0 bridgehead atoms. The fourth-order valence-electron chi connectivity index (χ4n) is 3.41. The molecule has 16 nitrogen and oxygen atoms in total. The Morgan fingerprint density at radius 3 is 1.65 bits per heavy atom. The van der Waals surface area contributed by atoms with Crippen LogP contribution < -0.4 is 33.2 Å². The van der Waals surface area contributed by atoms with E-state index in [-0.39, 0.29) is 44.3 Å². The number of amides is 5. The molecule has 0 saturated heterocycles. The zero-order valence-electron chi connectivity index (χ0n) is 21.5. The molecule has 0 saturated carbocycles. The number of rotatable bonds is 18. The van der Waals surface area contributed by atoms with E-state index in [9.17, 15) is 43.8 Å². The first kappa shape index (κ1) is 33.3. The number of carbonyl (C=O) groups excluding carboxylic acids is 5. The molecule has 0 aliphatic rings. The Balaban J connectivity index is 3.17. The normalized spacial score (nSPS) is 13.6. The lowest BCUT2D eigenvalue weighted by Gasteiger charge is -2.25. The van der Waals surface area contributed by atoms with Gasteiger partial charge in [-0.25, -0.2) is 4.79 Å². The van der Waals surface area contributed by atoms with E-state index in [4.69, 9.17) is 22.3 Å². The van der Waals surface area contributed by atoms with Crippen LogP contribution in [0.4, 0.5) is 0 Å². The van der Waals surface area contributed by atoms with Crippen LogP contribution in [0.2, 0.25) is 0 Å². The lowest BCUT2D eigenvalue weighted by atomic mass is 10.0. The van der Waals surface area contributed by atoms with Crippen LogP contribution in [-0.2, 0) is 40.0 Å². The maximum Gasteiger partial charge on any atom is 0.326 e. The summed E-state index contributed by atoms with van der Waals surface area (Å²) in [4.78, 5) is 83.5. The number of aliphatic carboxylic acids is 2. The molecule has 1 aromatic carbocycles. The van der Waals surface area contributed by atoms with Gasteiger partial charge in [-0.1, -0.05) is 12.1 Å². The van der Waals surface area contributed by atoms with Gasteiger partial charge in [0.05, 0.1) is 6.04 Å². The molecule has 16 heteroatoms. The zero-order chi connectivity index (χ0) is 30.4. The van der Waals surface area contributed by atoms with E-state index in [1.54, 1.807) is 0 Å². The molecule has 0 heterocycles. The zero-order valence-corrected chi connectivity index (χ0v) is 21.5. The van der Waals surface area contributed by atoms with Crippen LogP contribution in [0.3, 0.4) is 0 Å². The van der Waals surface area contributed by atoms with Crippen molar-refractivity contribution in [3.8, 4) is 5.75 Å². The number of aromatic hydroxyl groups is 1. The first-order valence-corrected chi connectivity index (χ1v) is 12.1. The molecular formula is C24H34N6O10. The minimum absolute atomic E-state index is 0.0698. The van der Waals surface area contributed by atoms with Gasteiger partial charge in [0, 0.05) is 25.7 Å². The quantitative estimate of drug-likeness (QED) is 0.0873. The van der Waals surface area contributed by atoms with Crippen LogP contribution in [0.5, 0.6) is 5.75 Å². The molecular weight excluding hydrogens is 532 g/mol. The predicted octanol–water partition coefficient (Wildman–Crippen LogP) is -2.80. The van der Waals surface area contributed by atoms with Gasteiger partial charge in [0.2, 0.25) is 29.5 Å². The number of hydrogen-bond donors (Lipinski definition) is 9. The van der Waals surface area contributed by atoms with Crippen LogP contribution in [0.15, 0.2) is 24.3 Å². The maximum absolute atomic E-state index is 13.2. The van der Waals surface area contributed by atoms with Crippen molar-refractivity contribution in [1.29, 1.82) is 0 Å². The third kappa shape index (κ3) is 12.7. The number of phenolic OH excluding ortho intramolecular Hbond substituents is 1. The summed E-state index contributed by atoms with van der Waals surface area (Å²) < 4.78 is 0. The Hall–Kier alpha value is -4.73. The van der Waals surface area contributed by atoms with Crippen molar-refractivity contribution in [2.24, 2.45) is 17.2 Å². The van der Waals surface area contributed by atoms with Crippen LogP contribution in [0.25, 0.3) is 0 Å². The predicted molar refractivity (Wildman–Crippen MR) is 137 cm³/mol. The minimum atomic E-state index is -1.52. The number of benzene rings is 1. The molecule has 0 aromatic heterocycles. The highest BCUT2D eigenvalue weighted by Crippen LogP contribution is 2.12. The number of hydrogen-bond acceptors (Lipinski definition) is 9.